The minimum absolute atomic E-state index is 0.146. The topological polar surface area (TPSA) is 26.3 Å². The molecule has 2 nitrogen and oxygen atoms in total. The molecule has 0 N–H and O–H groups in total. The molecule has 0 radical (unpaired) electrons. The van der Waals surface area contributed by atoms with Gasteiger partial charge in [-0.15, -0.1) is 0 Å². The van der Waals surface area contributed by atoms with E-state index in [1.807, 2.05) is 24.3 Å². The molecule has 2 fully saturated rings. The summed E-state index contributed by atoms with van der Waals surface area (Å²) in [5.74, 6) is 1.79. The van der Waals surface area contributed by atoms with E-state index in [-0.39, 0.29) is 12.1 Å². The molecule has 3 unspecified atom stereocenters. The second-order valence-corrected chi connectivity index (χ2v) is 6.40. The first-order valence-corrected chi connectivity index (χ1v) is 7.44. The molecule has 0 amide bonds. The number of carbonyl (C=O) groups excluding carboxylic acids is 1. The van der Waals surface area contributed by atoms with Crippen molar-refractivity contribution in [2.75, 3.05) is 0 Å². The maximum Gasteiger partial charge on any atom is 0.338 e. The molecule has 2 heteroatoms. The van der Waals surface area contributed by atoms with E-state index >= 15 is 0 Å². The van der Waals surface area contributed by atoms with Crippen LogP contribution in [0.1, 0.15) is 61.4 Å². The predicted octanol–water partition coefficient (Wildman–Crippen LogP) is 4.16. The minimum Gasteiger partial charge on any atom is -0.458 e. The molecule has 19 heavy (non-hydrogen) atoms. The Labute approximate surface area is 115 Å². The second kappa shape index (κ2) is 4.99. The lowest BCUT2D eigenvalue weighted by Crippen LogP contribution is -2.24. The number of carbonyl (C=O) groups is 1. The Morgan fingerprint density at radius 3 is 2.42 bits per heavy atom. The van der Waals surface area contributed by atoms with Gasteiger partial charge in [0.15, 0.2) is 0 Å². The van der Waals surface area contributed by atoms with Gasteiger partial charge in [-0.05, 0) is 61.1 Å². The maximum atomic E-state index is 12.1. The first-order valence-electron chi connectivity index (χ1n) is 7.44. The van der Waals surface area contributed by atoms with Crippen molar-refractivity contribution >= 4 is 5.97 Å². The molecule has 2 aliphatic carbocycles. The molecule has 102 valence electrons. The lowest BCUT2D eigenvalue weighted by atomic mass is 9.97. The van der Waals surface area contributed by atoms with Crippen LogP contribution in [-0.4, -0.2) is 12.1 Å². The number of hydrogen-bond donors (Lipinski definition) is 0. The summed E-state index contributed by atoms with van der Waals surface area (Å²) in [7, 11) is 0. The summed E-state index contributed by atoms with van der Waals surface area (Å²) < 4.78 is 5.69. The molecule has 0 saturated heterocycles. The van der Waals surface area contributed by atoms with Crippen LogP contribution in [0, 0.1) is 11.8 Å². The fraction of sp³-hybridized carbons (Fsp3) is 0.588. The summed E-state index contributed by atoms with van der Waals surface area (Å²) in [5, 5.41) is 0. The summed E-state index contributed by atoms with van der Waals surface area (Å²) in [6.45, 7) is 4.31. The van der Waals surface area contributed by atoms with Gasteiger partial charge in [0.05, 0.1) is 5.56 Å². The Balaban J connectivity index is 1.64. The Morgan fingerprint density at radius 1 is 1.16 bits per heavy atom. The number of hydrogen-bond acceptors (Lipinski definition) is 2. The highest BCUT2D eigenvalue weighted by atomic mass is 16.5. The Bertz CT molecular complexity index is 461. The van der Waals surface area contributed by atoms with Crippen molar-refractivity contribution in [3.05, 3.63) is 35.4 Å². The van der Waals surface area contributed by atoms with Crippen molar-refractivity contribution in [2.45, 2.75) is 51.6 Å². The lowest BCUT2D eigenvalue weighted by Gasteiger charge is -2.22. The van der Waals surface area contributed by atoms with Crippen molar-refractivity contribution < 1.29 is 9.53 Å². The van der Waals surface area contributed by atoms with Gasteiger partial charge in [-0.2, -0.15) is 0 Å². The van der Waals surface area contributed by atoms with Gasteiger partial charge in [0.1, 0.15) is 6.10 Å². The third kappa shape index (κ3) is 2.54. The molecule has 2 saturated carbocycles. The van der Waals surface area contributed by atoms with Gasteiger partial charge in [-0.1, -0.05) is 26.0 Å². The van der Waals surface area contributed by atoms with Crippen LogP contribution < -0.4 is 0 Å². The van der Waals surface area contributed by atoms with Crippen LogP contribution >= 0.6 is 0 Å². The Morgan fingerprint density at radius 2 is 1.89 bits per heavy atom. The second-order valence-electron chi connectivity index (χ2n) is 6.40. The van der Waals surface area contributed by atoms with Crippen LogP contribution in [0.3, 0.4) is 0 Å². The monoisotopic (exact) mass is 258 g/mol. The van der Waals surface area contributed by atoms with E-state index in [0.717, 1.165) is 12.3 Å². The number of esters is 1. The third-order valence-electron chi connectivity index (χ3n) is 4.74. The Kier molecular flexibility index (Phi) is 3.34. The first kappa shape index (κ1) is 12.7. The number of fused-ring (bicyclic) bond motifs is 2. The van der Waals surface area contributed by atoms with Gasteiger partial charge < -0.3 is 4.74 Å². The lowest BCUT2D eigenvalue weighted by molar-refractivity contribution is 0.0158. The highest BCUT2D eigenvalue weighted by molar-refractivity contribution is 5.89. The van der Waals surface area contributed by atoms with E-state index in [9.17, 15) is 4.79 Å². The van der Waals surface area contributed by atoms with Crippen molar-refractivity contribution in [2.24, 2.45) is 11.8 Å². The van der Waals surface area contributed by atoms with E-state index in [4.69, 9.17) is 4.74 Å². The van der Waals surface area contributed by atoms with E-state index in [0.29, 0.717) is 17.4 Å². The molecular formula is C17H22O2. The highest BCUT2D eigenvalue weighted by Gasteiger charge is 2.41. The molecule has 1 aromatic rings. The van der Waals surface area contributed by atoms with Gasteiger partial charge >= 0.3 is 5.97 Å². The highest BCUT2D eigenvalue weighted by Crippen LogP contribution is 2.46. The summed E-state index contributed by atoms with van der Waals surface area (Å²) >= 11 is 0. The smallest absolute Gasteiger partial charge is 0.338 e. The molecule has 3 rings (SSSR count). The van der Waals surface area contributed by atoms with Crippen molar-refractivity contribution in [3.8, 4) is 0 Å². The average molecular weight is 258 g/mol. The molecule has 2 bridgehead atoms. The molecule has 1 aromatic carbocycles. The molecule has 0 heterocycles. The average Bonchev–Trinajstić information content (AvgIpc) is 3.01. The number of rotatable bonds is 3. The zero-order valence-corrected chi connectivity index (χ0v) is 11.8. The summed E-state index contributed by atoms with van der Waals surface area (Å²) in [5.41, 5.74) is 1.95. The maximum absolute atomic E-state index is 12.1. The van der Waals surface area contributed by atoms with Crippen LogP contribution in [0.5, 0.6) is 0 Å². The van der Waals surface area contributed by atoms with Crippen molar-refractivity contribution in [3.63, 3.8) is 0 Å². The molecule has 2 aliphatic rings. The zero-order chi connectivity index (χ0) is 13.4. The summed E-state index contributed by atoms with van der Waals surface area (Å²) in [6, 6.07) is 7.85. The molecular weight excluding hydrogens is 236 g/mol. The number of benzene rings is 1. The van der Waals surface area contributed by atoms with Crippen LogP contribution in [0.2, 0.25) is 0 Å². The van der Waals surface area contributed by atoms with Gasteiger partial charge in [-0.3, -0.25) is 0 Å². The standard InChI is InChI=1S/C17H22O2/c1-11(2)13-5-7-14(8-6-13)17(18)19-16-10-12-3-4-15(16)9-12/h5-8,11-12,15-16H,3-4,9-10H2,1-2H3. The van der Waals surface area contributed by atoms with Crippen molar-refractivity contribution in [1.82, 2.24) is 0 Å². The van der Waals surface area contributed by atoms with E-state index in [2.05, 4.69) is 13.8 Å². The summed E-state index contributed by atoms with van der Waals surface area (Å²) in [6.07, 6.45) is 5.11. The van der Waals surface area contributed by atoms with Crippen molar-refractivity contribution in [1.29, 1.82) is 0 Å². The van der Waals surface area contributed by atoms with Gasteiger partial charge in [0.2, 0.25) is 0 Å². The van der Waals surface area contributed by atoms with E-state index in [1.165, 1.54) is 24.8 Å². The van der Waals surface area contributed by atoms with Crippen LogP contribution in [0.15, 0.2) is 24.3 Å². The Hall–Kier alpha value is -1.31. The molecule has 3 atom stereocenters. The summed E-state index contributed by atoms with van der Waals surface area (Å²) in [4.78, 5) is 12.1. The SMILES string of the molecule is CC(C)c1ccc(C(=O)OC2CC3CCC2C3)cc1. The zero-order valence-electron chi connectivity index (χ0n) is 11.8. The first-order chi connectivity index (χ1) is 9.13. The normalized spacial score (nSPS) is 28.9. The van der Waals surface area contributed by atoms with Gasteiger partial charge in [0, 0.05) is 0 Å². The molecule has 0 aromatic heterocycles. The van der Waals surface area contributed by atoms with E-state index < -0.39 is 0 Å². The van der Waals surface area contributed by atoms with E-state index in [1.54, 1.807) is 0 Å². The molecule has 0 spiro atoms. The van der Waals surface area contributed by atoms with Gasteiger partial charge in [0.25, 0.3) is 0 Å². The van der Waals surface area contributed by atoms with Crippen LogP contribution in [0.4, 0.5) is 0 Å². The largest absolute Gasteiger partial charge is 0.458 e. The number of ether oxygens (including phenoxy) is 1. The minimum atomic E-state index is -0.146. The fourth-order valence-electron chi connectivity index (χ4n) is 3.54. The predicted molar refractivity (Wildman–Crippen MR) is 75.2 cm³/mol. The quantitative estimate of drug-likeness (QED) is 0.761. The van der Waals surface area contributed by atoms with Gasteiger partial charge in [-0.25, -0.2) is 4.79 Å². The van der Waals surface area contributed by atoms with Crippen LogP contribution in [-0.2, 0) is 4.74 Å². The third-order valence-corrected chi connectivity index (χ3v) is 4.74. The fourth-order valence-corrected chi connectivity index (χ4v) is 3.54. The molecule has 0 aliphatic heterocycles. The van der Waals surface area contributed by atoms with Crippen LogP contribution in [0.25, 0.3) is 0 Å².